The third-order valence-electron chi connectivity index (χ3n) is 4.06. The van der Waals surface area contributed by atoms with Gasteiger partial charge >= 0.3 is 0 Å². The minimum absolute atomic E-state index is 0.254. The molecule has 1 aromatic rings. The first-order valence-electron chi connectivity index (χ1n) is 6.94. The average molecular weight is 292 g/mol. The topological polar surface area (TPSA) is 65.8 Å². The highest BCUT2D eigenvalue weighted by Gasteiger charge is 2.36. The Morgan fingerprint density at radius 3 is 2.85 bits per heavy atom. The second-order valence-corrected chi connectivity index (χ2v) is 5.80. The number of halogens is 1. The summed E-state index contributed by atoms with van der Waals surface area (Å²) in [4.78, 5) is 16.2. The van der Waals surface area contributed by atoms with E-state index in [2.05, 4.69) is 23.3 Å². The van der Waals surface area contributed by atoms with Crippen LogP contribution in [0.3, 0.4) is 0 Å². The van der Waals surface area contributed by atoms with Gasteiger partial charge in [-0.15, -0.1) is 0 Å². The first kappa shape index (κ1) is 14.8. The Kier molecular flexibility index (Phi) is 4.61. The summed E-state index contributed by atoms with van der Waals surface area (Å²) in [5.41, 5.74) is -0.503. The lowest BCUT2D eigenvalue weighted by atomic mass is 9.76. The molecule has 1 fully saturated rings. The number of aromatic nitrogens is 1. The fraction of sp³-hybridized carbons (Fsp3) is 0.533. The maximum Gasteiger partial charge on any atom is 0.271 e. The van der Waals surface area contributed by atoms with Gasteiger partial charge in [0, 0.05) is 11.2 Å². The molecule has 0 aliphatic heterocycles. The number of nitrogens with zero attached hydrogens (tertiary/aromatic N) is 2. The highest BCUT2D eigenvalue weighted by molar-refractivity contribution is 6.30. The van der Waals surface area contributed by atoms with E-state index in [-0.39, 0.29) is 11.6 Å². The third-order valence-corrected chi connectivity index (χ3v) is 4.29. The van der Waals surface area contributed by atoms with Gasteiger partial charge in [0.25, 0.3) is 5.91 Å². The van der Waals surface area contributed by atoms with E-state index in [9.17, 15) is 10.1 Å². The highest BCUT2D eigenvalue weighted by atomic mass is 35.5. The van der Waals surface area contributed by atoms with Crippen LogP contribution in [0.15, 0.2) is 18.3 Å². The van der Waals surface area contributed by atoms with E-state index in [1.54, 1.807) is 6.07 Å². The van der Waals surface area contributed by atoms with Crippen LogP contribution in [-0.4, -0.2) is 16.4 Å². The molecule has 4 nitrogen and oxygen atoms in total. The first-order valence-corrected chi connectivity index (χ1v) is 7.31. The van der Waals surface area contributed by atoms with Gasteiger partial charge in [0.2, 0.25) is 0 Å². The van der Waals surface area contributed by atoms with E-state index in [1.165, 1.54) is 12.3 Å². The quantitative estimate of drug-likeness (QED) is 0.929. The van der Waals surface area contributed by atoms with Crippen molar-refractivity contribution in [2.45, 2.75) is 44.6 Å². The highest BCUT2D eigenvalue weighted by Crippen LogP contribution is 2.33. The Hall–Kier alpha value is -1.60. The van der Waals surface area contributed by atoms with E-state index in [4.69, 9.17) is 11.6 Å². The smallest absolute Gasteiger partial charge is 0.271 e. The number of amides is 1. The van der Waals surface area contributed by atoms with Gasteiger partial charge in [0.05, 0.1) is 6.07 Å². The number of carbonyl (C=O) groups is 1. The van der Waals surface area contributed by atoms with Gasteiger partial charge in [-0.25, -0.2) is 0 Å². The summed E-state index contributed by atoms with van der Waals surface area (Å²) in [7, 11) is 0. The number of nitriles is 1. The fourth-order valence-electron chi connectivity index (χ4n) is 2.65. The van der Waals surface area contributed by atoms with Crippen LogP contribution in [0.4, 0.5) is 0 Å². The Morgan fingerprint density at radius 2 is 2.30 bits per heavy atom. The lowest BCUT2D eigenvalue weighted by molar-refractivity contribution is 0.0886. The van der Waals surface area contributed by atoms with Crippen LogP contribution in [-0.2, 0) is 0 Å². The van der Waals surface area contributed by atoms with Crippen molar-refractivity contribution in [3.8, 4) is 6.07 Å². The third kappa shape index (κ3) is 3.29. The van der Waals surface area contributed by atoms with Gasteiger partial charge in [-0.1, -0.05) is 24.9 Å². The van der Waals surface area contributed by atoms with Crippen molar-refractivity contribution in [3.05, 3.63) is 29.0 Å². The predicted octanol–water partition coefficient (Wildman–Crippen LogP) is 3.33. The van der Waals surface area contributed by atoms with E-state index in [0.29, 0.717) is 23.8 Å². The lowest BCUT2D eigenvalue weighted by Gasteiger charge is -2.35. The van der Waals surface area contributed by atoms with E-state index in [1.807, 2.05) is 0 Å². The van der Waals surface area contributed by atoms with Gasteiger partial charge in [-0.3, -0.25) is 9.78 Å². The SMILES string of the molecule is CCC1CCC(C#N)(NC(=O)c2cc(Cl)ccn2)CC1. The van der Waals surface area contributed by atoms with Crippen LogP contribution in [0.1, 0.15) is 49.5 Å². The largest absolute Gasteiger partial charge is 0.332 e. The zero-order chi connectivity index (χ0) is 14.6. The van der Waals surface area contributed by atoms with E-state index in [0.717, 1.165) is 19.3 Å². The molecule has 1 amide bonds. The molecule has 0 bridgehead atoms. The van der Waals surface area contributed by atoms with Gasteiger partial charge < -0.3 is 5.32 Å². The minimum atomic E-state index is -0.757. The molecular formula is C15H18ClN3O. The van der Waals surface area contributed by atoms with Crippen molar-refractivity contribution >= 4 is 17.5 Å². The van der Waals surface area contributed by atoms with Gasteiger partial charge in [0.15, 0.2) is 0 Å². The number of hydrogen-bond donors (Lipinski definition) is 1. The maximum absolute atomic E-state index is 12.2. The molecule has 1 heterocycles. The monoisotopic (exact) mass is 291 g/mol. The molecule has 0 spiro atoms. The summed E-state index contributed by atoms with van der Waals surface area (Å²) in [6, 6.07) is 5.41. The molecule has 5 heteroatoms. The number of hydrogen-bond acceptors (Lipinski definition) is 3. The molecule has 1 saturated carbocycles. The number of rotatable bonds is 3. The van der Waals surface area contributed by atoms with Crippen molar-refractivity contribution in [1.82, 2.24) is 10.3 Å². The van der Waals surface area contributed by atoms with E-state index >= 15 is 0 Å². The molecule has 106 valence electrons. The van der Waals surface area contributed by atoms with Crippen molar-refractivity contribution in [2.75, 3.05) is 0 Å². The standard InChI is InChI=1S/C15H18ClN3O/c1-2-11-3-6-15(10-17,7-4-11)19-14(20)13-9-12(16)5-8-18-13/h5,8-9,11H,2-4,6-7H2,1H3,(H,19,20). The van der Waals surface area contributed by atoms with Crippen LogP contribution in [0.25, 0.3) is 0 Å². The summed E-state index contributed by atoms with van der Waals surface area (Å²) in [5.74, 6) is 0.335. The number of nitrogens with one attached hydrogen (secondary N) is 1. The molecule has 20 heavy (non-hydrogen) atoms. The number of carbonyl (C=O) groups excluding carboxylic acids is 1. The lowest BCUT2D eigenvalue weighted by Crippen LogP contribution is -2.49. The van der Waals surface area contributed by atoms with Gasteiger partial charge in [0.1, 0.15) is 11.2 Å². The molecule has 0 radical (unpaired) electrons. The molecule has 0 saturated heterocycles. The zero-order valence-electron chi connectivity index (χ0n) is 11.5. The summed E-state index contributed by atoms with van der Waals surface area (Å²) in [6.45, 7) is 2.17. The van der Waals surface area contributed by atoms with Gasteiger partial charge in [-0.05, 0) is 43.7 Å². The molecule has 1 N–H and O–H groups in total. The normalized spacial score (nSPS) is 25.8. The molecule has 0 aromatic carbocycles. The molecule has 1 aromatic heterocycles. The van der Waals surface area contributed by atoms with E-state index < -0.39 is 5.54 Å². The molecule has 1 aliphatic rings. The van der Waals surface area contributed by atoms with Crippen molar-refractivity contribution in [2.24, 2.45) is 5.92 Å². The summed E-state index contributed by atoms with van der Waals surface area (Å²) >= 11 is 5.85. The zero-order valence-corrected chi connectivity index (χ0v) is 12.3. The van der Waals surface area contributed by atoms with Crippen LogP contribution in [0, 0.1) is 17.2 Å². The van der Waals surface area contributed by atoms with Crippen molar-refractivity contribution in [1.29, 1.82) is 5.26 Å². The Morgan fingerprint density at radius 1 is 1.60 bits per heavy atom. The molecule has 1 aliphatic carbocycles. The summed E-state index contributed by atoms with van der Waals surface area (Å²) in [5, 5.41) is 12.8. The minimum Gasteiger partial charge on any atom is -0.332 e. The second-order valence-electron chi connectivity index (χ2n) is 5.36. The second kappa shape index (κ2) is 6.23. The van der Waals surface area contributed by atoms with Crippen LogP contribution in [0.2, 0.25) is 5.02 Å². The van der Waals surface area contributed by atoms with Gasteiger partial charge in [-0.2, -0.15) is 5.26 Å². The maximum atomic E-state index is 12.2. The summed E-state index contributed by atoms with van der Waals surface area (Å²) < 4.78 is 0. The molecule has 2 rings (SSSR count). The average Bonchev–Trinajstić information content (AvgIpc) is 2.48. The molecule has 0 unspecified atom stereocenters. The van der Waals surface area contributed by atoms with Crippen LogP contribution < -0.4 is 5.32 Å². The molecule has 0 atom stereocenters. The van der Waals surface area contributed by atoms with Crippen LogP contribution >= 0.6 is 11.6 Å². The Bertz CT molecular complexity index is 530. The fourth-order valence-corrected chi connectivity index (χ4v) is 2.81. The summed E-state index contributed by atoms with van der Waals surface area (Å²) in [6.07, 6.45) is 5.98. The van der Waals surface area contributed by atoms with Crippen molar-refractivity contribution in [3.63, 3.8) is 0 Å². The van der Waals surface area contributed by atoms with Crippen LogP contribution in [0.5, 0.6) is 0 Å². The molecular weight excluding hydrogens is 274 g/mol. The Labute approximate surface area is 124 Å². The predicted molar refractivity (Wildman–Crippen MR) is 77.3 cm³/mol. The first-order chi connectivity index (χ1) is 9.58. The Balaban J connectivity index is 2.07. The van der Waals surface area contributed by atoms with Crippen molar-refractivity contribution < 1.29 is 4.79 Å². The number of pyridine rings is 1.